The van der Waals surface area contributed by atoms with Crippen LogP contribution in [0.2, 0.25) is 0 Å². The van der Waals surface area contributed by atoms with Gasteiger partial charge in [0.15, 0.2) is 0 Å². The summed E-state index contributed by atoms with van der Waals surface area (Å²) in [5, 5.41) is 3.34. The van der Waals surface area contributed by atoms with Crippen molar-refractivity contribution in [3.05, 3.63) is 15.6 Å². The van der Waals surface area contributed by atoms with Gasteiger partial charge in [-0.15, -0.1) is 11.3 Å². The van der Waals surface area contributed by atoms with Crippen LogP contribution in [-0.4, -0.2) is 28.4 Å². The summed E-state index contributed by atoms with van der Waals surface area (Å²) < 4.78 is 0. The van der Waals surface area contributed by atoms with E-state index in [0.717, 1.165) is 15.6 Å². The van der Waals surface area contributed by atoms with Crippen molar-refractivity contribution in [1.82, 2.24) is 15.2 Å². The van der Waals surface area contributed by atoms with E-state index < -0.39 is 0 Å². The average Bonchev–Trinajstić information content (AvgIpc) is 2.57. The molecule has 0 aliphatic carbocycles. The number of urea groups is 1. The van der Waals surface area contributed by atoms with Crippen LogP contribution >= 0.6 is 11.3 Å². The normalized spacial score (nSPS) is 18.2. The van der Waals surface area contributed by atoms with E-state index in [2.05, 4.69) is 10.3 Å². The zero-order valence-electron chi connectivity index (χ0n) is 10.1. The van der Waals surface area contributed by atoms with Gasteiger partial charge in [-0.3, -0.25) is 10.1 Å². The Labute approximate surface area is 104 Å². The van der Waals surface area contributed by atoms with E-state index >= 15 is 0 Å². The first kappa shape index (κ1) is 12.0. The highest BCUT2D eigenvalue weighted by Crippen LogP contribution is 2.29. The number of carbonyl (C=O) groups excluding carboxylic acids is 2. The minimum atomic E-state index is -0.306. The van der Waals surface area contributed by atoms with Gasteiger partial charge < -0.3 is 4.90 Å². The lowest BCUT2D eigenvalue weighted by atomic mass is 10.2. The molecule has 0 bridgehead atoms. The van der Waals surface area contributed by atoms with Gasteiger partial charge in [0, 0.05) is 17.8 Å². The smallest absolute Gasteiger partial charge is 0.316 e. The minimum absolute atomic E-state index is 0.0331. The molecule has 1 aliphatic heterocycles. The van der Waals surface area contributed by atoms with Gasteiger partial charge in [-0.2, -0.15) is 0 Å². The van der Waals surface area contributed by atoms with E-state index in [1.54, 1.807) is 16.2 Å². The molecule has 1 unspecified atom stereocenters. The molecule has 1 aromatic heterocycles. The van der Waals surface area contributed by atoms with Crippen LogP contribution in [0.3, 0.4) is 0 Å². The molecular formula is C11H15N3O2S. The maximum Gasteiger partial charge on any atom is 0.324 e. The Kier molecular flexibility index (Phi) is 3.15. The fourth-order valence-corrected chi connectivity index (χ4v) is 3.01. The van der Waals surface area contributed by atoms with Gasteiger partial charge in [-0.25, -0.2) is 9.78 Å². The van der Waals surface area contributed by atoms with E-state index in [-0.39, 0.29) is 18.0 Å². The quantitative estimate of drug-likeness (QED) is 0.873. The second kappa shape index (κ2) is 4.44. The Hall–Kier alpha value is -1.43. The predicted octanol–water partition coefficient (Wildman–Crippen LogP) is 1.76. The number of hydrogen-bond acceptors (Lipinski definition) is 4. The molecule has 0 radical (unpaired) electrons. The molecule has 1 aromatic rings. The summed E-state index contributed by atoms with van der Waals surface area (Å²) in [5.74, 6) is -0.198. The van der Waals surface area contributed by atoms with Crippen molar-refractivity contribution in [1.29, 1.82) is 0 Å². The Morgan fingerprint density at radius 2 is 2.12 bits per heavy atom. The third kappa shape index (κ3) is 2.31. The standard InChI is InChI=1S/C11H15N3O2S/c1-6-10(17-8(3)12-6)7(2)14-5-4-9(15)13-11(14)16/h7H,4-5H2,1-3H3,(H,13,15,16). The van der Waals surface area contributed by atoms with Gasteiger partial charge in [0.25, 0.3) is 0 Å². The zero-order chi connectivity index (χ0) is 12.6. The lowest BCUT2D eigenvalue weighted by Gasteiger charge is -2.31. The van der Waals surface area contributed by atoms with Crippen LogP contribution in [0.4, 0.5) is 4.79 Å². The molecular weight excluding hydrogens is 238 g/mol. The SMILES string of the molecule is Cc1nc(C)c(C(C)N2CCC(=O)NC2=O)s1. The van der Waals surface area contributed by atoms with E-state index in [9.17, 15) is 9.59 Å². The molecule has 1 aliphatic rings. The summed E-state index contributed by atoms with van der Waals surface area (Å²) in [6, 6.07) is -0.339. The fraction of sp³-hybridized carbons (Fsp3) is 0.545. The first-order chi connectivity index (χ1) is 7.99. The van der Waals surface area contributed by atoms with Crippen LogP contribution in [0.15, 0.2) is 0 Å². The molecule has 92 valence electrons. The molecule has 2 rings (SSSR count). The molecule has 6 heteroatoms. The Morgan fingerprint density at radius 1 is 1.41 bits per heavy atom. The zero-order valence-corrected chi connectivity index (χ0v) is 10.9. The van der Waals surface area contributed by atoms with Crippen molar-refractivity contribution in [3.63, 3.8) is 0 Å². The summed E-state index contributed by atoms with van der Waals surface area (Å²) in [7, 11) is 0. The number of aryl methyl sites for hydroxylation is 2. The summed E-state index contributed by atoms with van der Waals surface area (Å²) in [4.78, 5) is 29.9. The first-order valence-corrected chi connectivity index (χ1v) is 6.35. The molecule has 0 aromatic carbocycles. The number of rotatable bonds is 2. The summed E-state index contributed by atoms with van der Waals surface area (Å²) in [5.41, 5.74) is 0.963. The number of nitrogens with zero attached hydrogens (tertiary/aromatic N) is 2. The van der Waals surface area contributed by atoms with Gasteiger partial charge in [0.05, 0.1) is 16.7 Å². The lowest BCUT2D eigenvalue weighted by molar-refractivity contribution is -0.121. The molecule has 1 atom stereocenters. The number of aromatic nitrogens is 1. The average molecular weight is 253 g/mol. The molecule has 1 saturated heterocycles. The third-order valence-electron chi connectivity index (χ3n) is 2.87. The highest BCUT2D eigenvalue weighted by Gasteiger charge is 2.29. The lowest BCUT2D eigenvalue weighted by Crippen LogP contribution is -2.50. The molecule has 3 amide bonds. The molecule has 1 N–H and O–H groups in total. The fourth-order valence-electron chi connectivity index (χ4n) is 2.02. The van der Waals surface area contributed by atoms with Crippen molar-refractivity contribution in [2.75, 3.05) is 6.54 Å². The van der Waals surface area contributed by atoms with Crippen molar-refractivity contribution in [2.45, 2.75) is 33.2 Å². The van der Waals surface area contributed by atoms with E-state index in [1.165, 1.54) is 0 Å². The number of amides is 3. The Bertz CT molecular complexity index is 469. The maximum absolute atomic E-state index is 11.7. The number of nitrogens with one attached hydrogen (secondary N) is 1. The molecule has 1 fully saturated rings. The minimum Gasteiger partial charge on any atom is -0.316 e. The second-order valence-electron chi connectivity index (χ2n) is 4.16. The molecule has 0 saturated carbocycles. The van der Waals surface area contributed by atoms with Crippen molar-refractivity contribution in [3.8, 4) is 0 Å². The van der Waals surface area contributed by atoms with Crippen molar-refractivity contribution < 1.29 is 9.59 Å². The van der Waals surface area contributed by atoms with Gasteiger partial charge in [0.2, 0.25) is 5.91 Å². The van der Waals surface area contributed by atoms with Crippen LogP contribution in [-0.2, 0) is 4.79 Å². The van der Waals surface area contributed by atoms with Crippen LogP contribution < -0.4 is 5.32 Å². The van der Waals surface area contributed by atoms with Crippen LogP contribution in [0, 0.1) is 13.8 Å². The van der Waals surface area contributed by atoms with Crippen molar-refractivity contribution >= 4 is 23.3 Å². The third-order valence-corrected chi connectivity index (χ3v) is 4.12. The maximum atomic E-state index is 11.7. The number of imide groups is 1. The highest BCUT2D eigenvalue weighted by atomic mass is 32.1. The second-order valence-corrected chi connectivity index (χ2v) is 5.39. The Balaban J connectivity index is 2.20. The number of hydrogen-bond donors (Lipinski definition) is 1. The Morgan fingerprint density at radius 3 is 2.65 bits per heavy atom. The van der Waals surface area contributed by atoms with E-state index in [0.29, 0.717) is 13.0 Å². The van der Waals surface area contributed by atoms with Gasteiger partial charge >= 0.3 is 6.03 Å². The van der Waals surface area contributed by atoms with Gasteiger partial charge in [-0.1, -0.05) is 0 Å². The first-order valence-electron chi connectivity index (χ1n) is 5.53. The van der Waals surface area contributed by atoms with Gasteiger partial charge in [-0.05, 0) is 20.8 Å². The molecule has 0 spiro atoms. The summed E-state index contributed by atoms with van der Waals surface area (Å²) in [6.45, 7) is 6.34. The molecule has 17 heavy (non-hydrogen) atoms. The van der Waals surface area contributed by atoms with Crippen LogP contribution in [0.1, 0.15) is 35.0 Å². The highest BCUT2D eigenvalue weighted by molar-refractivity contribution is 7.11. The summed E-state index contributed by atoms with van der Waals surface area (Å²) >= 11 is 1.60. The van der Waals surface area contributed by atoms with E-state index in [1.807, 2.05) is 20.8 Å². The van der Waals surface area contributed by atoms with Crippen LogP contribution in [0.25, 0.3) is 0 Å². The monoisotopic (exact) mass is 253 g/mol. The molecule has 5 nitrogen and oxygen atoms in total. The largest absolute Gasteiger partial charge is 0.324 e. The number of carbonyl (C=O) groups is 2. The molecule has 2 heterocycles. The summed E-state index contributed by atoms with van der Waals surface area (Å²) in [6.07, 6.45) is 0.368. The van der Waals surface area contributed by atoms with Crippen molar-refractivity contribution in [2.24, 2.45) is 0 Å². The van der Waals surface area contributed by atoms with Crippen LogP contribution in [0.5, 0.6) is 0 Å². The topological polar surface area (TPSA) is 62.3 Å². The van der Waals surface area contributed by atoms with Gasteiger partial charge in [0.1, 0.15) is 0 Å². The number of thiazole rings is 1. The van der Waals surface area contributed by atoms with E-state index in [4.69, 9.17) is 0 Å². The predicted molar refractivity (Wildman–Crippen MR) is 64.9 cm³/mol.